The fraction of sp³-hybridized carbons (Fsp3) is 0.273. The van der Waals surface area contributed by atoms with Crippen molar-refractivity contribution in [3.63, 3.8) is 0 Å². The van der Waals surface area contributed by atoms with Crippen molar-refractivity contribution in [1.82, 2.24) is 4.98 Å². The Bertz CT molecular complexity index is 594. The molecule has 6 heteroatoms. The number of hydrogen-bond donors (Lipinski definition) is 1. The molecule has 0 aliphatic rings. The van der Waals surface area contributed by atoms with Crippen molar-refractivity contribution in [2.24, 2.45) is 0 Å². The first-order valence-electron chi connectivity index (χ1n) is 4.86. The topological polar surface area (TPSA) is 59.4 Å². The van der Waals surface area contributed by atoms with E-state index in [0.29, 0.717) is 26.3 Å². The van der Waals surface area contributed by atoms with Crippen LogP contribution in [0.5, 0.6) is 5.75 Å². The summed E-state index contributed by atoms with van der Waals surface area (Å²) < 4.78 is 6.79. The van der Waals surface area contributed by atoms with E-state index in [2.05, 4.69) is 20.9 Å². The fourth-order valence-corrected chi connectivity index (χ4v) is 3.17. The molecule has 0 aliphatic heterocycles. The smallest absolute Gasteiger partial charge is 0.190 e. The molecule has 2 aromatic rings. The predicted octanol–water partition coefficient (Wildman–Crippen LogP) is 2.55. The first-order valence-corrected chi connectivity index (χ1v) is 6.47. The third-order valence-corrected chi connectivity index (χ3v) is 3.97. The average molecular weight is 316 g/mol. The van der Waals surface area contributed by atoms with E-state index < -0.39 is 6.61 Å². The van der Waals surface area contributed by atoms with Crippen LogP contribution in [0.3, 0.4) is 0 Å². The molecule has 1 aromatic carbocycles. The lowest BCUT2D eigenvalue weighted by Gasteiger charge is -2.09. The number of carbonyl (C=O) groups is 1. The standard InChI is InChI=1S/C11H10BrNO3S/c1-5-7(16-2)3-8-10(13-11(12)17-8)9(5)6(15)4-14/h3,14H,4H2,1-2H3. The molecule has 1 heterocycles. The number of aliphatic hydroxyl groups excluding tert-OH is 1. The van der Waals surface area contributed by atoms with Gasteiger partial charge in [0.15, 0.2) is 9.70 Å². The SMILES string of the molecule is COc1cc2sc(Br)nc2c(C(=O)CO)c1C. The molecule has 0 amide bonds. The molecule has 0 saturated carbocycles. The molecule has 0 bridgehead atoms. The quantitative estimate of drug-likeness (QED) is 0.884. The van der Waals surface area contributed by atoms with E-state index in [1.54, 1.807) is 14.0 Å². The first-order chi connectivity index (χ1) is 8.08. The van der Waals surface area contributed by atoms with Crippen molar-refractivity contribution in [3.05, 3.63) is 21.1 Å². The van der Waals surface area contributed by atoms with Crippen LogP contribution in [0, 0.1) is 6.92 Å². The van der Waals surface area contributed by atoms with E-state index in [1.807, 2.05) is 6.07 Å². The second kappa shape index (κ2) is 4.72. The maximum Gasteiger partial charge on any atom is 0.190 e. The van der Waals surface area contributed by atoms with Crippen molar-refractivity contribution in [2.45, 2.75) is 6.92 Å². The van der Waals surface area contributed by atoms with Crippen LogP contribution in [-0.4, -0.2) is 29.6 Å². The minimum absolute atomic E-state index is 0.343. The van der Waals surface area contributed by atoms with Gasteiger partial charge < -0.3 is 9.84 Å². The molecule has 2 rings (SSSR count). The Kier molecular flexibility index (Phi) is 3.46. The lowest BCUT2D eigenvalue weighted by molar-refractivity contribution is 0.0904. The van der Waals surface area contributed by atoms with Gasteiger partial charge in [-0.15, -0.1) is 11.3 Å². The van der Waals surface area contributed by atoms with Gasteiger partial charge in [0.2, 0.25) is 0 Å². The van der Waals surface area contributed by atoms with E-state index in [1.165, 1.54) is 11.3 Å². The summed E-state index contributed by atoms with van der Waals surface area (Å²) in [6, 6.07) is 1.85. The molecule has 90 valence electrons. The minimum Gasteiger partial charge on any atom is -0.496 e. The number of ketones is 1. The van der Waals surface area contributed by atoms with Crippen LogP contribution in [0.1, 0.15) is 15.9 Å². The summed E-state index contributed by atoms with van der Waals surface area (Å²) >= 11 is 4.72. The summed E-state index contributed by atoms with van der Waals surface area (Å²) in [4.78, 5) is 16.0. The van der Waals surface area contributed by atoms with Crippen molar-refractivity contribution in [2.75, 3.05) is 13.7 Å². The van der Waals surface area contributed by atoms with E-state index in [9.17, 15) is 4.79 Å². The van der Waals surface area contributed by atoms with Gasteiger partial charge in [-0.3, -0.25) is 4.79 Å². The number of rotatable bonds is 3. The van der Waals surface area contributed by atoms with Crippen LogP contribution >= 0.6 is 27.3 Å². The lowest BCUT2D eigenvalue weighted by Crippen LogP contribution is -2.08. The van der Waals surface area contributed by atoms with Gasteiger partial charge >= 0.3 is 0 Å². The second-order valence-corrected chi connectivity index (χ2v) is 5.78. The molecular formula is C11H10BrNO3S. The predicted molar refractivity (Wildman–Crippen MR) is 70.0 cm³/mol. The van der Waals surface area contributed by atoms with Gasteiger partial charge in [0, 0.05) is 5.56 Å². The Morgan fingerprint density at radius 2 is 2.35 bits per heavy atom. The summed E-state index contributed by atoms with van der Waals surface area (Å²) in [7, 11) is 1.55. The molecule has 0 radical (unpaired) electrons. The van der Waals surface area contributed by atoms with Crippen molar-refractivity contribution < 1.29 is 14.6 Å². The van der Waals surface area contributed by atoms with Crippen LogP contribution in [0.25, 0.3) is 10.2 Å². The average Bonchev–Trinajstić information content (AvgIpc) is 2.67. The van der Waals surface area contributed by atoms with Crippen LogP contribution < -0.4 is 4.74 Å². The molecule has 0 unspecified atom stereocenters. The van der Waals surface area contributed by atoms with Gasteiger partial charge in [-0.2, -0.15) is 0 Å². The number of Topliss-reactive ketones (excluding diaryl/α,β-unsaturated/α-hetero) is 1. The van der Waals surface area contributed by atoms with Crippen LogP contribution in [-0.2, 0) is 0 Å². The molecule has 17 heavy (non-hydrogen) atoms. The van der Waals surface area contributed by atoms with Crippen molar-refractivity contribution in [1.29, 1.82) is 0 Å². The highest BCUT2D eigenvalue weighted by Crippen LogP contribution is 2.35. The zero-order valence-corrected chi connectivity index (χ0v) is 11.7. The molecular weight excluding hydrogens is 306 g/mol. The Labute approximate surface area is 110 Å². The van der Waals surface area contributed by atoms with Crippen LogP contribution in [0.4, 0.5) is 0 Å². The number of ether oxygens (including phenoxy) is 1. The molecule has 0 saturated heterocycles. The summed E-state index contributed by atoms with van der Waals surface area (Å²) in [6.45, 7) is 1.26. The minimum atomic E-state index is -0.530. The zero-order valence-electron chi connectivity index (χ0n) is 9.28. The number of thiazole rings is 1. The molecule has 0 spiro atoms. The van der Waals surface area contributed by atoms with Gasteiger partial charge in [0.25, 0.3) is 0 Å². The Morgan fingerprint density at radius 1 is 1.65 bits per heavy atom. The zero-order chi connectivity index (χ0) is 12.6. The van der Waals surface area contributed by atoms with Crippen LogP contribution in [0.2, 0.25) is 0 Å². The van der Waals surface area contributed by atoms with E-state index in [4.69, 9.17) is 9.84 Å². The molecule has 4 nitrogen and oxygen atoms in total. The van der Waals surface area contributed by atoms with Gasteiger partial charge in [-0.25, -0.2) is 4.98 Å². The molecule has 1 N–H and O–H groups in total. The third-order valence-electron chi connectivity index (χ3n) is 2.51. The van der Waals surface area contributed by atoms with Crippen molar-refractivity contribution >= 4 is 43.3 Å². The molecule has 0 fully saturated rings. The molecule has 0 aliphatic carbocycles. The second-order valence-electron chi connectivity index (χ2n) is 3.47. The number of fused-ring (bicyclic) bond motifs is 1. The van der Waals surface area contributed by atoms with E-state index >= 15 is 0 Å². The molecule has 0 atom stereocenters. The maximum absolute atomic E-state index is 11.8. The van der Waals surface area contributed by atoms with Gasteiger partial charge in [0.05, 0.1) is 22.9 Å². The molecule has 1 aromatic heterocycles. The highest BCUT2D eigenvalue weighted by molar-refractivity contribution is 9.11. The van der Waals surface area contributed by atoms with Gasteiger partial charge in [0.1, 0.15) is 12.4 Å². The van der Waals surface area contributed by atoms with Crippen molar-refractivity contribution in [3.8, 4) is 5.75 Å². The maximum atomic E-state index is 11.8. The van der Waals surface area contributed by atoms with Gasteiger partial charge in [-0.05, 0) is 28.9 Å². The number of nitrogens with zero attached hydrogens (tertiary/aromatic N) is 1. The number of hydrogen-bond acceptors (Lipinski definition) is 5. The Balaban J connectivity index is 2.84. The number of halogens is 1. The van der Waals surface area contributed by atoms with E-state index in [0.717, 1.165) is 4.70 Å². The summed E-state index contributed by atoms with van der Waals surface area (Å²) in [6.07, 6.45) is 0. The Hall–Kier alpha value is -0.980. The Morgan fingerprint density at radius 3 is 2.94 bits per heavy atom. The van der Waals surface area contributed by atoms with Crippen LogP contribution in [0.15, 0.2) is 9.98 Å². The normalized spacial score (nSPS) is 10.8. The summed E-state index contributed by atoms with van der Waals surface area (Å²) in [5.41, 5.74) is 1.75. The highest BCUT2D eigenvalue weighted by atomic mass is 79.9. The summed E-state index contributed by atoms with van der Waals surface area (Å²) in [5, 5.41) is 9.02. The highest BCUT2D eigenvalue weighted by Gasteiger charge is 2.19. The number of carbonyl (C=O) groups excluding carboxylic acids is 1. The number of benzene rings is 1. The number of aromatic nitrogens is 1. The third kappa shape index (κ3) is 2.08. The largest absolute Gasteiger partial charge is 0.496 e. The number of aliphatic hydroxyl groups is 1. The first kappa shape index (κ1) is 12.5. The van der Waals surface area contributed by atoms with Gasteiger partial charge in [-0.1, -0.05) is 0 Å². The van der Waals surface area contributed by atoms with E-state index in [-0.39, 0.29) is 5.78 Å². The fourth-order valence-electron chi connectivity index (χ4n) is 1.74. The summed E-state index contributed by atoms with van der Waals surface area (Å²) in [5.74, 6) is 0.287. The monoisotopic (exact) mass is 315 g/mol. The lowest BCUT2D eigenvalue weighted by atomic mass is 10.0. The number of methoxy groups -OCH3 is 1.